The van der Waals surface area contributed by atoms with Crippen molar-refractivity contribution < 1.29 is 10.2 Å². The summed E-state index contributed by atoms with van der Waals surface area (Å²) in [6.45, 7) is 11.8. The van der Waals surface area contributed by atoms with Gasteiger partial charge in [-0.25, -0.2) is 0 Å². The molecule has 0 fully saturated rings. The summed E-state index contributed by atoms with van der Waals surface area (Å²) in [5, 5.41) is 20.0. The van der Waals surface area contributed by atoms with E-state index in [4.69, 9.17) is 0 Å². The van der Waals surface area contributed by atoms with Crippen molar-refractivity contribution in [2.45, 2.75) is 48.0 Å². The maximum absolute atomic E-state index is 10.0. The van der Waals surface area contributed by atoms with E-state index in [0.29, 0.717) is 11.5 Å². The van der Waals surface area contributed by atoms with Gasteiger partial charge in [0.15, 0.2) is 0 Å². The van der Waals surface area contributed by atoms with Gasteiger partial charge in [-0.15, -0.1) is 0 Å². The highest BCUT2D eigenvalue weighted by atomic mass is 16.3. The molecule has 0 saturated heterocycles. The zero-order chi connectivity index (χ0) is 16.2. The molecule has 2 rings (SSSR count). The molecule has 0 heterocycles. The van der Waals surface area contributed by atoms with E-state index in [2.05, 4.69) is 13.8 Å². The van der Waals surface area contributed by atoms with Crippen LogP contribution >= 0.6 is 0 Å². The summed E-state index contributed by atoms with van der Waals surface area (Å²) in [7, 11) is 0. The quantitative estimate of drug-likeness (QED) is 0.735. The molecular weight excluding hydrogens is 260 g/mol. The van der Waals surface area contributed by atoms with Crippen LogP contribution in [0.2, 0.25) is 0 Å². The molecule has 21 heavy (non-hydrogen) atoms. The summed E-state index contributed by atoms with van der Waals surface area (Å²) in [4.78, 5) is 0. The summed E-state index contributed by atoms with van der Waals surface area (Å²) >= 11 is 0. The van der Waals surface area contributed by atoms with Crippen LogP contribution in [0.3, 0.4) is 0 Å². The predicted molar refractivity (Wildman–Crippen MR) is 90.1 cm³/mol. The molecule has 2 N–H and O–H groups in total. The van der Waals surface area contributed by atoms with E-state index in [1.165, 1.54) is 6.42 Å². The number of hydrogen-bond acceptors (Lipinski definition) is 2. The Bertz CT molecular complexity index is 572. The first kappa shape index (κ1) is 17.1. The lowest BCUT2D eigenvalue weighted by Crippen LogP contribution is -1.91. The molecule has 0 amide bonds. The highest BCUT2D eigenvalue weighted by molar-refractivity contribution is 5.75. The molecule has 0 aliphatic heterocycles. The standard InChI is InChI=1S/C16H18O2.C3H8/c1-9-5-7-13(11(3)15(9)17)14-8-6-10(2)16(18)12(14)4;1-3-2/h5-8,17-18H,1-4H3;3H2,1-2H3. The maximum Gasteiger partial charge on any atom is 0.122 e. The molecule has 0 aromatic heterocycles. The Morgan fingerprint density at radius 1 is 0.667 bits per heavy atom. The predicted octanol–water partition coefficient (Wildman–Crippen LogP) is 5.41. The molecule has 0 bridgehead atoms. The van der Waals surface area contributed by atoms with Gasteiger partial charge in [0.1, 0.15) is 11.5 Å². The third-order valence-corrected chi connectivity index (χ3v) is 3.56. The number of phenols is 2. The second-order valence-corrected chi connectivity index (χ2v) is 5.51. The minimum atomic E-state index is 0.326. The van der Waals surface area contributed by atoms with E-state index in [9.17, 15) is 10.2 Å². The second kappa shape index (κ2) is 7.16. The fourth-order valence-electron chi connectivity index (χ4n) is 2.25. The topological polar surface area (TPSA) is 40.5 Å². The highest BCUT2D eigenvalue weighted by Gasteiger charge is 2.12. The summed E-state index contributed by atoms with van der Waals surface area (Å²) in [6, 6.07) is 7.77. The van der Waals surface area contributed by atoms with E-state index in [1.54, 1.807) is 0 Å². The van der Waals surface area contributed by atoms with Gasteiger partial charge in [0, 0.05) is 0 Å². The fourth-order valence-corrected chi connectivity index (χ4v) is 2.25. The van der Waals surface area contributed by atoms with E-state index in [-0.39, 0.29) is 0 Å². The number of phenolic OH excluding ortho intramolecular Hbond substituents is 2. The summed E-state index contributed by atoms with van der Waals surface area (Å²) in [5.74, 6) is 0.652. The van der Waals surface area contributed by atoms with Crippen molar-refractivity contribution in [1.82, 2.24) is 0 Å². The lowest BCUT2D eigenvalue weighted by atomic mass is 9.93. The maximum atomic E-state index is 10.0. The fraction of sp³-hybridized carbons (Fsp3) is 0.368. The van der Waals surface area contributed by atoms with Crippen LogP contribution in [-0.2, 0) is 0 Å². The Hall–Kier alpha value is -1.96. The van der Waals surface area contributed by atoms with Gasteiger partial charge < -0.3 is 10.2 Å². The first-order chi connectivity index (χ1) is 9.84. The van der Waals surface area contributed by atoms with Crippen molar-refractivity contribution in [2.24, 2.45) is 0 Å². The van der Waals surface area contributed by atoms with Crippen molar-refractivity contribution in [3.8, 4) is 22.6 Å². The lowest BCUT2D eigenvalue weighted by molar-refractivity contribution is 0.465. The van der Waals surface area contributed by atoms with Crippen LogP contribution in [-0.4, -0.2) is 10.2 Å². The number of aryl methyl sites for hydroxylation is 2. The average Bonchev–Trinajstić information content (AvgIpc) is 2.45. The zero-order valence-electron chi connectivity index (χ0n) is 13.9. The van der Waals surface area contributed by atoms with Crippen LogP contribution in [0.4, 0.5) is 0 Å². The smallest absolute Gasteiger partial charge is 0.122 e. The van der Waals surface area contributed by atoms with Gasteiger partial charge >= 0.3 is 0 Å². The van der Waals surface area contributed by atoms with Crippen molar-refractivity contribution in [1.29, 1.82) is 0 Å². The summed E-state index contributed by atoms with van der Waals surface area (Å²) in [6.07, 6.45) is 1.25. The normalized spacial score (nSPS) is 10.0. The van der Waals surface area contributed by atoms with Gasteiger partial charge in [0.05, 0.1) is 0 Å². The van der Waals surface area contributed by atoms with E-state index in [0.717, 1.165) is 33.4 Å². The van der Waals surface area contributed by atoms with Gasteiger partial charge in [-0.2, -0.15) is 0 Å². The Balaban J connectivity index is 0.000000677. The number of hydrogen-bond donors (Lipinski definition) is 2. The first-order valence-corrected chi connectivity index (χ1v) is 7.43. The molecular formula is C19H26O2. The minimum absolute atomic E-state index is 0.326. The largest absolute Gasteiger partial charge is 0.507 e. The summed E-state index contributed by atoms with van der Waals surface area (Å²) < 4.78 is 0. The van der Waals surface area contributed by atoms with Crippen LogP contribution < -0.4 is 0 Å². The SMILES string of the molecule is CCC.Cc1ccc(-c2ccc(C)c(O)c2C)c(C)c1O. The Kier molecular flexibility index (Phi) is 5.83. The Morgan fingerprint density at radius 3 is 1.24 bits per heavy atom. The lowest BCUT2D eigenvalue weighted by Gasteiger charge is -2.14. The van der Waals surface area contributed by atoms with Crippen LogP contribution in [0.25, 0.3) is 11.1 Å². The molecule has 0 spiro atoms. The monoisotopic (exact) mass is 286 g/mol. The molecule has 0 atom stereocenters. The summed E-state index contributed by atoms with van der Waals surface area (Å²) in [5.41, 5.74) is 5.36. The van der Waals surface area contributed by atoms with Gasteiger partial charge in [-0.05, 0) is 61.1 Å². The van der Waals surface area contributed by atoms with Crippen LogP contribution in [0, 0.1) is 27.7 Å². The highest BCUT2D eigenvalue weighted by Crippen LogP contribution is 2.37. The Morgan fingerprint density at radius 2 is 0.952 bits per heavy atom. The number of benzene rings is 2. The molecule has 2 heteroatoms. The number of rotatable bonds is 1. The zero-order valence-corrected chi connectivity index (χ0v) is 13.9. The molecule has 0 saturated carbocycles. The minimum Gasteiger partial charge on any atom is -0.507 e. The second-order valence-electron chi connectivity index (χ2n) is 5.51. The van der Waals surface area contributed by atoms with E-state index >= 15 is 0 Å². The van der Waals surface area contributed by atoms with Gasteiger partial charge in [0.25, 0.3) is 0 Å². The van der Waals surface area contributed by atoms with Crippen molar-refractivity contribution in [2.75, 3.05) is 0 Å². The van der Waals surface area contributed by atoms with Crippen molar-refractivity contribution in [3.63, 3.8) is 0 Å². The Labute approximate surface area is 128 Å². The third-order valence-electron chi connectivity index (χ3n) is 3.56. The first-order valence-electron chi connectivity index (χ1n) is 7.43. The molecule has 2 aromatic rings. The number of aromatic hydroxyl groups is 2. The molecule has 0 radical (unpaired) electrons. The molecule has 0 aliphatic rings. The average molecular weight is 286 g/mol. The third kappa shape index (κ3) is 3.57. The molecule has 0 aliphatic carbocycles. The van der Waals surface area contributed by atoms with Crippen LogP contribution in [0.15, 0.2) is 24.3 Å². The van der Waals surface area contributed by atoms with Gasteiger partial charge in [-0.1, -0.05) is 44.5 Å². The van der Waals surface area contributed by atoms with Crippen LogP contribution in [0.1, 0.15) is 42.5 Å². The van der Waals surface area contributed by atoms with Crippen molar-refractivity contribution in [3.05, 3.63) is 46.5 Å². The van der Waals surface area contributed by atoms with E-state index in [1.807, 2.05) is 52.0 Å². The van der Waals surface area contributed by atoms with E-state index < -0.39 is 0 Å². The molecule has 2 nitrogen and oxygen atoms in total. The molecule has 114 valence electrons. The molecule has 2 aromatic carbocycles. The van der Waals surface area contributed by atoms with Gasteiger partial charge in [-0.3, -0.25) is 0 Å². The van der Waals surface area contributed by atoms with Crippen molar-refractivity contribution >= 4 is 0 Å². The van der Waals surface area contributed by atoms with Crippen LogP contribution in [0.5, 0.6) is 11.5 Å². The van der Waals surface area contributed by atoms with Gasteiger partial charge in [0.2, 0.25) is 0 Å². The molecule has 0 unspecified atom stereocenters.